The third-order valence-corrected chi connectivity index (χ3v) is 6.41. The van der Waals surface area contributed by atoms with Crippen molar-refractivity contribution in [3.8, 4) is 5.75 Å². The van der Waals surface area contributed by atoms with Crippen molar-refractivity contribution in [2.24, 2.45) is 0 Å². The normalized spacial score (nSPS) is 18.1. The van der Waals surface area contributed by atoms with Crippen molar-refractivity contribution in [1.82, 2.24) is 4.98 Å². The Kier molecular flexibility index (Phi) is 4.23. The summed E-state index contributed by atoms with van der Waals surface area (Å²) in [7, 11) is 0. The van der Waals surface area contributed by atoms with E-state index in [0.29, 0.717) is 17.9 Å². The highest BCUT2D eigenvalue weighted by Crippen LogP contribution is 2.55. The van der Waals surface area contributed by atoms with Gasteiger partial charge in [0.15, 0.2) is 0 Å². The standard InChI is InChI=1S/C19H21NO4S/c1-2-23-18(22)14-10-12-4-3-5-15(16(12)20-17(14)21)24-11-19(8-9-19)25-13-6-7-13/h3-5,10,13H,2,6-9,11H2,1H3,(H,20,21). The number of ether oxygens (including phenoxy) is 2. The molecular weight excluding hydrogens is 338 g/mol. The number of thioether (sulfide) groups is 1. The molecule has 2 aliphatic rings. The Balaban J connectivity index is 1.58. The number of esters is 1. The van der Waals surface area contributed by atoms with E-state index in [0.717, 1.165) is 10.6 Å². The SMILES string of the molecule is CCOC(=O)c1cc2cccc(OCC3(SC4CC4)CC3)c2[nH]c1=O. The minimum atomic E-state index is -0.602. The molecule has 0 atom stereocenters. The number of para-hydroxylation sites is 1. The van der Waals surface area contributed by atoms with Crippen LogP contribution in [0.15, 0.2) is 29.1 Å². The maximum atomic E-state index is 12.3. The number of carbonyl (C=O) groups excluding carboxylic acids is 1. The Morgan fingerprint density at radius 2 is 2.16 bits per heavy atom. The van der Waals surface area contributed by atoms with Gasteiger partial charge in [-0.2, -0.15) is 0 Å². The molecule has 0 unspecified atom stereocenters. The molecule has 2 aromatic rings. The van der Waals surface area contributed by atoms with Crippen LogP contribution in [0.4, 0.5) is 0 Å². The van der Waals surface area contributed by atoms with Gasteiger partial charge in [-0.1, -0.05) is 12.1 Å². The smallest absolute Gasteiger partial charge is 0.343 e. The minimum absolute atomic E-state index is 0.0226. The van der Waals surface area contributed by atoms with Gasteiger partial charge in [0, 0.05) is 10.6 Å². The second kappa shape index (κ2) is 6.41. The molecule has 0 radical (unpaired) electrons. The van der Waals surface area contributed by atoms with Gasteiger partial charge in [-0.15, -0.1) is 11.8 Å². The maximum absolute atomic E-state index is 12.3. The topological polar surface area (TPSA) is 68.4 Å². The maximum Gasteiger partial charge on any atom is 0.343 e. The van der Waals surface area contributed by atoms with Crippen molar-refractivity contribution in [2.45, 2.75) is 42.6 Å². The molecule has 1 heterocycles. The predicted octanol–water partition coefficient (Wildman–Crippen LogP) is 3.51. The summed E-state index contributed by atoms with van der Waals surface area (Å²) >= 11 is 2.06. The molecule has 2 fully saturated rings. The molecule has 0 bridgehead atoms. The van der Waals surface area contributed by atoms with E-state index < -0.39 is 11.5 Å². The number of rotatable bonds is 7. The lowest BCUT2D eigenvalue weighted by Gasteiger charge is -2.16. The summed E-state index contributed by atoms with van der Waals surface area (Å²) in [5.41, 5.74) is 0.206. The van der Waals surface area contributed by atoms with Gasteiger partial charge in [0.05, 0.1) is 16.9 Å². The third kappa shape index (κ3) is 3.54. The summed E-state index contributed by atoms with van der Waals surface area (Å²) in [6.45, 7) is 2.61. The molecule has 4 rings (SSSR count). The van der Waals surface area contributed by atoms with Crippen molar-refractivity contribution in [1.29, 1.82) is 0 Å². The predicted molar refractivity (Wildman–Crippen MR) is 98.6 cm³/mol. The van der Waals surface area contributed by atoms with Crippen molar-refractivity contribution in [2.75, 3.05) is 13.2 Å². The Hall–Kier alpha value is -1.95. The Bertz CT molecular complexity index is 867. The first-order chi connectivity index (χ1) is 12.1. The molecule has 6 heteroatoms. The molecule has 1 aromatic carbocycles. The molecular formula is C19H21NO4S. The summed E-state index contributed by atoms with van der Waals surface area (Å²) in [6.07, 6.45) is 5.04. The highest BCUT2D eigenvalue weighted by atomic mass is 32.2. The van der Waals surface area contributed by atoms with Crippen molar-refractivity contribution in [3.63, 3.8) is 0 Å². The number of benzene rings is 1. The Morgan fingerprint density at radius 1 is 1.36 bits per heavy atom. The molecule has 2 aliphatic carbocycles. The van der Waals surface area contributed by atoms with E-state index in [9.17, 15) is 9.59 Å². The van der Waals surface area contributed by atoms with Crippen LogP contribution in [0.5, 0.6) is 5.75 Å². The van der Waals surface area contributed by atoms with Crippen LogP contribution in [0.3, 0.4) is 0 Å². The van der Waals surface area contributed by atoms with Crippen molar-refractivity contribution < 1.29 is 14.3 Å². The lowest BCUT2D eigenvalue weighted by atomic mass is 10.1. The number of aromatic nitrogens is 1. The number of pyridine rings is 1. The average molecular weight is 359 g/mol. The van der Waals surface area contributed by atoms with E-state index in [4.69, 9.17) is 9.47 Å². The fraction of sp³-hybridized carbons (Fsp3) is 0.474. The van der Waals surface area contributed by atoms with Crippen LogP contribution in [0.1, 0.15) is 43.0 Å². The van der Waals surface area contributed by atoms with Crippen LogP contribution in [0.25, 0.3) is 10.9 Å². The number of fused-ring (bicyclic) bond motifs is 1. The van der Waals surface area contributed by atoms with Crippen molar-refractivity contribution in [3.05, 3.63) is 40.2 Å². The summed E-state index contributed by atoms with van der Waals surface area (Å²) in [4.78, 5) is 26.9. The Morgan fingerprint density at radius 3 is 2.84 bits per heavy atom. The molecule has 25 heavy (non-hydrogen) atoms. The third-order valence-electron chi connectivity index (χ3n) is 4.58. The van der Waals surface area contributed by atoms with Crippen LogP contribution >= 0.6 is 11.8 Å². The van der Waals surface area contributed by atoms with Gasteiger partial charge in [-0.3, -0.25) is 4.79 Å². The van der Waals surface area contributed by atoms with Crippen LogP contribution in [-0.4, -0.2) is 34.2 Å². The number of H-pyrrole nitrogens is 1. The number of nitrogens with one attached hydrogen (secondary N) is 1. The van der Waals surface area contributed by atoms with Gasteiger partial charge in [0.2, 0.25) is 0 Å². The van der Waals surface area contributed by atoms with E-state index in [1.165, 1.54) is 25.7 Å². The zero-order chi connectivity index (χ0) is 17.4. The van der Waals surface area contributed by atoms with Crippen LogP contribution in [-0.2, 0) is 4.74 Å². The molecule has 0 aliphatic heterocycles. The first kappa shape index (κ1) is 16.5. The highest BCUT2D eigenvalue weighted by Gasteiger charge is 2.48. The second-order valence-electron chi connectivity index (χ2n) is 6.74. The van der Waals surface area contributed by atoms with Crippen molar-refractivity contribution >= 4 is 28.6 Å². The zero-order valence-electron chi connectivity index (χ0n) is 14.2. The van der Waals surface area contributed by atoms with Gasteiger partial charge in [-0.25, -0.2) is 4.79 Å². The molecule has 132 valence electrons. The largest absolute Gasteiger partial charge is 0.490 e. The number of hydrogen-bond donors (Lipinski definition) is 1. The van der Waals surface area contributed by atoms with Gasteiger partial charge in [0.25, 0.3) is 5.56 Å². The average Bonchev–Trinajstić information content (AvgIpc) is 3.52. The van der Waals surface area contributed by atoms with Gasteiger partial charge < -0.3 is 14.5 Å². The monoisotopic (exact) mass is 359 g/mol. The minimum Gasteiger partial charge on any atom is -0.490 e. The molecule has 0 spiro atoms. The van der Waals surface area contributed by atoms with E-state index in [1.54, 1.807) is 13.0 Å². The van der Waals surface area contributed by atoms with E-state index in [2.05, 4.69) is 16.7 Å². The lowest BCUT2D eigenvalue weighted by molar-refractivity contribution is 0.0524. The lowest BCUT2D eigenvalue weighted by Crippen LogP contribution is -2.20. The molecule has 1 aromatic heterocycles. The van der Waals surface area contributed by atoms with Gasteiger partial charge in [0.1, 0.15) is 17.9 Å². The van der Waals surface area contributed by atoms with Crippen LogP contribution in [0, 0.1) is 0 Å². The molecule has 2 saturated carbocycles. The molecule has 0 saturated heterocycles. The fourth-order valence-electron chi connectivity index (χ4n) is 2.87. The van der Waals surface area contributed by atoms with Gasteiger partial charge in [-0.05, 0) is 44.7 Å². The number of carbonyl (C=O) groups is 1. The van der Waals surface area contributed by atoms with Gasteiger partial charge >= 0.3 is 5.97 Å². The van der Waals surface area contributed by atoms with E-state index in [-0.39, 0.29) is 16.9 Å². The highest BCUT2D eigenvalue weighted by molar-refractivity contribution is 8.01. The summed E-state index contributed by atoms with van der Waals surface area (Å²) in [5, 5.41) is 1.57. The number of hydrogen-bond acceptors (Lipinski definition) is 5. The van der Waals surface area contributed by atoms with E-state index in [1.807, 2.05) is 18.2 Å². The second-order valence-corrected chi connectivity index (χ2v) is 8.51. The molecule has 5 nitrogen and oxygen atoms in total. The molecule has 0 amide bonds. The summed E-state index contributed by atoms with van der Waals surface area (Å²) in [5.74, 6) is 0.0578. The number of aromatic amines is 1. The zero-order valence-corrected chi connectivity index (χ0v) is 15.0. The summed E-state index contributed by atoms with van der Waals surface area (Å²) in [6, 6.07) is 7.16. The molecule has 1 N–H and O–H groups in total. The Labute approximate surface area is 150 Å². The van der Waals surface area contributed by atoms with Crippen LogP contribution < -0.4 is 10.3 Å². The first-order valence-electron chi connectivity index (χ1n) is 8.74. The quantitative estimate of drug-likeness (QED) is 0.766. The van der Waals surface area contributed by atoms with Crippen LogP contribution in [0.2, 0.25) is 0 Å². The first-order valence-corrected chi connectivity index (χ1v) is 9.62. The van der Waals surface area contributed by atoms with E-state index >= 15 is 0 Å². The fourth-order valence-corrected chi connectivity index (χ4v) is 4.41. The summed E-state index contributed by atoms with van der Waals surface area (Å²) < 4.78 is 11.3.